The second-order valence-corrected chi connectivity index (χ2v) is 6.61. The van der Waals surface area contributed by atoms with Crippen molar-refractivity contribution >= 4 is 46.2 Å². The zero-order chi connectivity index (χ0) is 20.5. The Morgan fingerprint density at radius 1 is 1.18 bits per heavy atom. The van der Waals surface area contributed by atoms with Gasteiger partial charge >= 0.3 is 12.3 Å². The number of aromatic nitrogens is 1. The molecular formula is C19H12Cl2F3NO3. The van der Waals surface area contributed by atoms with Crippen molar-refractivity contribution in [2.24, 2.45) is 0 Å². The summed E-state index contributed by atoms with van der Waals surface area (Å²) >= 11 is 12.5. The molecular weight excluding hydrogens is 418 g/mol. The van der Waals surface area contributed by atoms with Crippen molar-refractivity contribution < 1.29 is 27.8 Å². The van der Waals surface area contributed by atoms with Gasteiger partial charge in [0.15, 0.2) is 0 Å². The maximum atomic E-state index is 12.5. The van der Waals surface area contributed by atoms with Crippen molar-refractivity contribution in [2.75, 3.05) is 0 Å². The number of hydrogen-bond donors (Lipinski definition) is 1. The predicted molar refractivity (Wildman–Crippen MR) is 101 cm³/mol. The Labute approximate surface area is 167 Å². The van der Waals surface area contributed by atoms with E-state index in [1.54, 1.807) is 28.8 Å². The summed E-state index contributed by atoms with van der Waals surface area (Å²) in [5, 5.41) is 10.2. The molecule has 0 aliphatic heterocycles. The van der Waals surface area contributed by atoms with Crippen LogP contribution in [0, 0.1) is 0 Å². The monoisotopic (exact) mass is 429 g/mol. The van der Waals surface area contributed by atoms with Crippen LogP contribution in [0.15, 0.2) is 48.5 Å². The highest BCUT2D eigenvalue weighted by Crippen LogP contribution is 2.34. The summed E-state index contributed by atoms with van der Waals surface area (Å²) in [5.41, 5.74) is 1.59. The molecule has 9 heteroatoms. The number of ether oxygens (including phenoxy) is 1. The third kappa shape index (κ3) is 4.61. The van der Waals surface area contributed by atoms with Gasteiger partial charge in [-0.3, -0.25) is 0 Å². The summed E-state index contributed by atoms with van der Waals surface area (Å²) in [6, 6.07) is 10.5. The standard InChI is InChI=1S/C19H12Cl2F3NO3/c20-12-4-5-14-15(6-7-17(26)27)18(21)25(16(14)9-12)10-11-2-1-3-13(8-11)28-19(22,23)24/h1-9H,10H2,(H,26,27)/b7-6+. The van der Waals surface area contributed by atoms with Gasteiger partial charge in [0.25, 0.3) is 0 Å². The number of fused-ring (bicyclic) bond motifs is 1. The molecule has 0 aliphatic carbocycles. The Kier molecular flexibility index (Phi) is 5.58. The maximum absolute atomic E-state index is 12.5. The molecule has 0 unspecified atom stereocenters. The lowest BCUT2D eigenvalue weighted by Crippen LogP contribution is -2.17. The van der Waals surface area contributed by atoms with Gasteiger partial charge in [0, 0.05) is 28.6 Å². The van der Waals surface area contributed by atoms with E-state index in [2.05, 4.69) is 4.74 Å². The van der Waals surface area contributed by atoms with Gasteiger partial charge in [0.05, 0.1) is 5.52 Å². The van der Waals surface area contributed by atoms with Crippen LogP contribution in [-0.4, -0.2) is 22.0 Å². The van der Waals surface area contributed by atoms with E-state index < -0.39 is 12.3 Å². The fourth-order valence-electron chi connectivity index (χ4n) is 2.81. The zero-order valence-electron chi connectivity index (χ0n) is 14.0. The number of alkyl halides is 3. The van der Waals surface area contributed by atoms with Crippen molar-refractivity contribution in [3.05, 3.63) is 69.8 Å². The Balaban J connectivity index is 2.06. The Bertz CT molecular complexity index is 1070. The first-order valence-electron chi connectivity index (χ1n) is 7.87. The number of aliphatic carboxylic acids is 1. The molecule has 0 radical (unpaired) electrons. The van der Waals surface area contributed by atoms with Crippen LogP contribution in [0.3, 0.4) is 0 Å². The van der Waals surface area contributed by atoms with E-state index in [-0.39, 0.29) is 17.4 Å². The second kappa shape index (κ2) is 7.77. The van der Waals surface area contributed by atoms with Crippen molar-refractivity contribution in [1.29, 1.82) is 0 Å². The quantitative estimate of drug-likeness (QED) is 0.506. The highest BCUT2D eigenvalue weighted by Gasteiger charge is 2.31. The predicted octanol–water partition coefficient (Wildman–Crippen LogP) is 5.99. The van der Waals surface area contributed by atoms with E-state index in [1.165, 1.54) is 24.3 Å². The van der Waals surface area contributed by atoms with Crippen LogP contribution < -0.4 is 4.74 Å². The van der Waals surface area contributed by atoms with Gasteiger partial charge < -0.3 is 14.4 Å². The highest BCUT2D eigenvalue weighted by molar-refractivity contribution is 6.34. The van der Waals surface area contributed by atoms with Gasteiger partial charge in [-0.05, 0) is 35.9 Å². The minimum absolute atomic E-state index is 0.131. The average Bonchev–Trinajstić information content (AvgIpc) is 2.83. The number of carbonyl (C=O) groups is 1. The summed E-state index contributed by atoms with van der Waals surface area (Å²) < 4.78 is 42.9. The van der Waals surface area contributed by atoms with E-state index in [4.69, 9.17) is 28.3 Å². The molecule has 146 valence electrons. The summed E-state index contributed by atoms with van der Waals surface area (Å²) in [4.78, 5) is 10.9. The van der Waals surface area contributed by atoms with Crippen LogP contribution in [0.4, 0.5) is 13.2 Å². The minimum Gasteiger partial charge on any atom is -0.478 e. The molecule has 0 aliphatic rings. The van der Waals surface area contributed by atoms with Gasteiger partial charge in [-0.15, -0.1) is 13.2 Å². The van der Waals surface area contributed by atoms with Crippen LogP contribution in [0.5, 0.6) is 5.75 Å². The van der Waals surface area contributed by atoms with E-state index in [1.807, 2.05) is 0 Å². The van der Waals surface area contributed by atoms with Crippen LogP contribution >= 0.6 is 23.2 Å². The fraction of sp³-hybridized carbons (Fsp3) is 0.105. The van der Waals surface area contributed by atoms with E-state index in [9.17, 15) is 18.0 Å². The van der Waals surface area contributed by atoms with Crippen LogP contribution in [0.1, 0.15) is 11.1 Å². The van der Waals surface area contributed by atoms with Crippen molar-refractivity contribution in [1.82, 2.24) is 4.57 Å². The van der Waals surface area contributed by atoms with Gasteiger partial charge in [-0.25, -0.2) is 4.79 Å². The molecule has 0 bridgehead atoms. The average molecular weight is 430 g/mol. The molecule has 1 aromatic heterocycles. The first-order chi connectivity index (χ1) is 13.1. The van der Waals surface area contributed by atoms with Crippen molar-refractivity contribution in [3.63, 3.8) is 0 Å². The first-order valence-corrected chi connectivity index (χ1v) is 8.62. The Morgan fingerprint density at radius 2 is 1.93 bits per heavy atom. The molecule has 0 atom stereocenters. The molecule has 0 amide bonds. The SMILES string of the molecule is O=C(O)/C=C/c1c(Cl)n(Cc2cccc(OC(F)(F)F)c2)c2cc(Cl)ccc12. The molecule has 0 saturated heterocycles. The number of halogens is 5. The normalized spacial score (nSPS) is 12.0. The molecule has 0 fully saturated rings. The molecule has 2 aromatic carbocycles. The Morgan fingerprint density at radius 3 is 2.61 bits per heavy atom. The van der Waals surface area contributed by atoms with Crippen LogP contribution in [0.25, 0.3) is 17.0 Å². The molecule has 1 N–H and O–H groups in total. The van der Waals surface area contributed by atoms with E-state index >= 15 is 0 Å². The number of nitrogens with zero attached hydrogens (tertiary/aromatic N) is 1. The number of hydrogen-bond acceptors (Lipinski definition) is 2. The third-order valence-electron chi connectivity index (χ3n) is 3.87. The summed E-state index contributed by atoms with van der Waals surface area (Å²) in [5.74, 6) is -1.48. The number of benzene rings is 2. The Hall–Kier alpha value is -2.64. The summed E-state index contributed by atoms with van der Waals surface area (Å²) in [6.45, 7) is 0.131. The van der Waals surface area contributed by atoms with Crippen molar-refractivity contribution in [3.8, 4) is 5.75 Å². The molecule has 3 rings (SSSR count). The fourth-order valence-corrected chi connectivity index (χ4v) is 3.29. The summed E-state index contributed by atoms with van der Waals surface area (Å²) in [7, 11) is 0. The number of carboxylic acid groups (broad SMARTS) is 1. The van der Waals surface area contributed by atoms with E-state index in [0.717, 1.165) is 6.08 Å². The van der Waals surface area contributed by atoms with Gasteiger partial charge in [0.2, 0.25) is 0 Å². The largest absolute Gasteiger partial charge is 0.573 e. The second-order valence-electron chi connectivity index (χ2n) is 5.82. The molecule has 3 aromatic rings. The lowest BCUT2D eigenvalue weighted by atomic mass is 10.1. The maximum Gasteiger partial charge on any atom is 0.573 e. The van der Waals surface area contributed by atoms with Crippen molar-refractivity contribution in [2.45, 2.75) is 12.9 Å². The summed E-state index contributed by atoms with van der Waals surface area (Å²) in [6.07, 6.45) is -2.48. The highest BCUT2D eigenvalue weighted by atomic mass is 35.5. The lowest BCUT2D eigenvalue weighted by molar-refractivity contribution is -0.274. The van der Waals surface area contributed by atoms with Gasteiger partial charge in [-0.1, -0.05) is 41.4 Å². The van der Waals surface area contributed by atoms with Gasteiger partial charge in [-0.2, -0.15) is 0 Å². The van der Waals surface area contributed by atoms with Crippen LogP contribution in [0.2, 0.25) is 10.2 Å². The van der Waals surface area contributed by atoms with E-state index in [0.29, 0.717) is 27.1 Å². The first kappa shape index (κ1) is 20.1. The molecule has 0 spiro atoms. The molecule has 0 saturated carbocycles. The molecule has 4 nitrogen and oxygen atoms in total. The zero-order valence-corrected chi connectivity index (χ0v) is 15.5. The number of rotatable bonds is 5. The molecule has 28 heavy (non-hydrogen) atoms. The third-order valence-corrected chi connectivity index (χ3v) is 4.51. The topological polar surface area (TPSA) is 51.5 Å². The number of carboxylic acids is 1. The molecule has 1 heterocycles. The van der Waals surface area contributed by atoms with Crippen LogP contribution in [-0.2, 0) is 11.3 Å². The smallest absolute Gasteiger partial charge is 0.478 e. The van der Waals surface area contributed by atoms with Gasteiger partial charge in [0.1, 0.15) is 10.9 Å². The minimum atomic E-state index is -4.79. The lowest BCUT2D eigenvalue weighted by Gasteiger charge is -2.12.